The summed E-state index contributed by atoms with van der Waals surface area (Å²) in [6.45, 7) is -0.212. The minimum atomic E-state index is -0.695. The molecule has 8 nitrogen and oxygen atoms in total. The third kappa shape index (κ3) is 2.01. The Labute approximate surface area is 115 Å². The SMILES string of the molecule is CN(C)c1nc2cncnc2n1[C@H]1C[C@@H](O)[C@H](CO)O1. The molecule has 108 valence electrons. The van der Waals surface area contributed by atoms with Gasteiger partial charge in [-0.1, -0.05) is 0 Å². The number of imidazole rings is 1. The summed E-state index contributed by atoms with van der Waals surface area (Å²) in [5.41, 5.74) is 1.32. The van der Waals surface area contributed by atoms with E-state index in [2.05, 4.69) is 15.0 Å². The van der Waals surface area contributed by atoms with E-state index >= 15 is 0 Å². The van der Waals surface area contributed by atoms with E-state index in [9.17, 15) is 10.2 Å². The fourth-order valence-corrected chi connectivity index (χ4v) is 2.45. The first kappa shape index (κ1) is 13.2. The maximum Gasteiger partial charge on any atom is 0.209 e. The number of aliphatic hydroxyl groups excluding tert-OH is 2. The third-order valence-corrected chi connectivity index (χ3v) is 3.41. The number of aromatic nitrogens is 4. The molecule has 1 saturated heterocycles. The van der Waals surface area contributed by atoms with Gasteiger partial charge in [0.2, 0.25) is 5.95 Å². The van der Waals surface area contributed by atoms with Crippen LogP contribution in [-0.2, 0) is 4.74 Å². The van der Waals surface area contributed by atoms with Crippen molar-refractivity contribution in [1.29, 1.82) is 0 Å². The molecule has 0 aromatic carbocycles. The standard InChI is InChI=1S/C12H17N5O3/c1-16(2)12-15-7-4-13-6-14-11(7)17(12)10-3-8(19)9(5-18)20-10/h4,6,8-10,18-19H,3,5H2,1-2H3/t8-,9+,10-/m1/s1. The molecule has 2 aromatic rings. The van der Waals surface area contributed by atoms with Crippen LogP contribution in [0.1, 0.15) is 12.6 Å². The van der Waals surface area contributed by atoms with Gasteiger partial charge in [0.25, 0.3) is 0 Å². The normalized spacial score (nSPS) is 26.3. The van der Waals surface area contributed by atoms with Crippen LogP contribution >= 0.6 is 0 Å². The van der Waals surface area contributed by atoms with Crippen molar-refractivity contribution in [3.05, 3.63) is 12.5 Å². The summed E-state index contributed by atoms with van der Waals surface area (Å²) < 4.78 is 7.53. The van der Waals surface area contributed by atoms with E-state index in [4.69, 9.17) is 4.74 Å². The molecule has 0 radical (unpaired) electrons. The van der Waals surface area contributed by atoms with Crippen LogP contribution < -0.4 is 4.90 Å². The molecule has 0 unspecified atom stereocenters. The summed E-state index contributed by atoms with van der Waals surface area (Å²) in [6, 6.07) is 0. The van der Waals surface area contributed by atoms with Crippen LogP contribution in [0.15, 0.2) is 12.5 Å². The van der Waals surface area contributed by atoms with Gasteiger partial charge in [-0.15, -0.1) is 0 Å². The Bertz CT molecular complexity index is 614. The van der Waals surface area contributed by atoms with Gasteiger partial charge in [0.1, 0.15) is 24.2 Å². The maximum absolute atomic E-state index is 9.89. The van der Waals surface area contributed by atoms with E-state index in [1.165, 1.54) is 6.33 Å². The van der Waals surface area contributed by atoms with Crippen molar-refractivity contribution in [1.82, 2.24) is 19.5 Å². The highest BCUT2D eigenvalue weighted by Gasteiger charge is 2.36. The van der Waals surface area contributed by atoms with Crippen molar-refractivity contribution >= 4 is 17.1 Å². The highest BCUT2D eigenvalue weighted by molar-refractivity contribution is 5.73. The van der Waals surface area contributed by atoms with Gasteiger partial charge in [-0.25, -0.2) is 15.0 Å². The van der Waals surface area contributed by atoms with Crippen LogP contribution in [0.3, 0.4) is 0 Å². The second-order valence-corrected chi connectivity index (χ2v) is 5.02. The lowest BCUT2D eigenvalue weighted by Crippen LogP contribution is -2.24. The minimum absolute atomic E-state index is 0.212. The Balaban J connectivity index is 2.08. The molecule has 1 fully saturated rings. The summed E-state index contributed by atoms with van der Waals surface area (Å²) >= 11 is 0. The predicted octanol–water partition coefficient (Wildman–Crippen LogP) is -0.467. The number of hydrogen-bond acceptors (Lipinski definition) is 7. The molecule has 1 aliphatic heterocycles. The topological polar surface area (TPSA) is 96.5 Å². The highest BCUT2D eigenvalue weighted by Crippen LogP contribution is 2.34. The van der Waals surface area contributed by atoms with Gasteiger partial charge in [-0.3, -0.25) is 4.57 Å². The first-order chi connectivity index (χ1) is 9.61. The van der Waals surface area contributed by atoms with Crippen molar-refractivity contribution < 1.29 is 14.9 Å². The number of nitrogens with zero attached hydrogens (tertiary/aromatic N) is 5. The molecular weight excluding hydrogens is 262 g/mol. The summed E-state index contributed by atoms with van der Waals surface area (Å²) in [6.07, 6.45) is 1.81. The number of fused-ring (bicyclic) bond motifs is 1. The zero-order valence-electron chi connectivity index (χ0n) is 11.3. The molecule has 1 aliphatic rings. The molecule has 0 spiro atoms. The van der Waals surface area contributed by atoms with Crippen LogP contribution in [0.5, 0.6) is 0 Å². The Morgan fingerprint density at radius 2 is 2.30 bits per heavy atom. The fraction of sp³-hybridized carbons (Fsp3) is 0.583. The van der Waals surface area contributed by atoms with Crippen LogP contribution in [-0.4, -0.2) is 62.6 Å². The second kappa shape index (κ2) is 4.97. The molecule has 3 heterocycles. The molecule has 20 heavy (non-hydrogen) atoms. The molecule has 0 bridgehead atoms. The molecule has 8 heteroatoms. The average molecular weight is 279 g/mol. The van der Waals surface area contributed by atoms with E-state index in [0.29, 0.717) is 23.5 Å². The van der Waals surface area contributed by atoms with Gasteiger partial charge in [-0.05, 0) is 0 Å². The Morgan fingerprint density at radius 3 is 2.95 bits per heavy atom. The molecule has 2 aromatic heterocycles. The van der Waals surface area contributed by atoms with Gasteiger partial charge in [-0.2, -0.15) is 0 Å². The molecule has 0 aliphatic carbocycles. The first-order valence-corrected chi connectivity index (χ1v) is 6.41. The van der Waals surface area contributed by atoms with Gasteiger partial charge < -0.3 is 19.8 Å². The summed E-state index contributed by atoms with van der Waals surface area (Å²) in [4.78, 5) is 14.5. The van der Waals surface area contributed by atoms with Gasteiger partial charge in [0.05, 0.1) is 18.9 Å². The second-order valence-electron chi connectivity index (χ2n) is 5.02. The minimum Gasteiger partial charge on any atom is -0.394 e. The molecule has 0 amide bonds. The van der Waals surface area contributed by atoms with Crippen molar-refractivity contribution in [2.45, 2.75) is 24.9 Å². The number of aliphatic hydroxyl groups is 2. The van der Waals surface area contributed by atoms with Crippen LogP contribution in [0.4, 0.5) is 5.95 Å². The van der Waals surface area contributed by atoms with Gasteiger partial charge >= 0.3 is 0 Å². The van der Waals surface area contributed by atoms with Gasteiger partial charge in [0.15, 0.2) is 5.65 Å². The van der Waals surface area contributed by atoms with Crippen molar-refractivity contribution in [3.8, 4) is 0 Å². The zero-order valence-corrected chi connectivity index (χ0v) is 11.3. The van der Waals surface area contributed by atoms with E-state index < -0.39 is 18.4 Å². The quantitative estimate of drug-likeness (QED) is 0.784. The largest absolute Gasteiger partial charge is 0.394 e. The van der Waals surface area contributed by atoms with Crippen LogP contribution in [0.25, 0.3) is 11.2 Å². The maximum atomic E-state index is 9.89. The number of rotatable bonds is 3. The van der Waals surface area contributed by atoms with Crippen molar-refractivity contribution in [2.75, 3.05) is 25.6 Å². The van der Waals surface area contributed by atoms with Crippen LogP contribution in [0, 0.1) is 0 Å². The highest BCUT2D eigenvalue weighted by atomic mass is 16.5. The summed E-state index contributed by atoms with van der Waals surface area (Å²) in [5.74, 6) is 0.677. The molecule has 3 atom stereocenters. The van der Waals surface area contributed by atoms with Crippen LogP contribution in [0.2, 0.25) is 0 Å². The lowest BCUT2D eigenvalue weighted by Gasteiger charge is -2.19. The Hall–Kier alpha value is -1.77. The van der Waals surface area contributed by atoms with E-state index in [-0.39, 0.29) is 6.61 Å². The number of hydrogen-bond donors (Lipinski definition) is 2. The average Bonchev–Trinajstić information content (AvgIpc) is 2.98. The Morgan fingerprint density at radius 1 is 1.50 bits per heavy atom. The van der Waals surface area contributed by atoms with E-state index in [0.717, 1.165) is 0 Å². The van der Waals surface area contributed by atoms with Crippen molar-refractivity contribution in [3.63, 3.8) is 0 Å². The molecule has 3 rings (SSSR count). The fourth-order valence-electron chi connectivity index (χ4n) is 2.45. The zero-order chi connectivity index (χ0) is 14.3. The van der Waals surface area contributed by atoms with E-state index in [1.54, 1.807) is 6.20 Å². The molecule has 0 saturated carbocycles. The number of ether oxygens (including phenoxy) is 1. The third-order valence-electron chi connectivity index (χ3n) is 3.41. The lowest BCUT2D eigenvalue weighted by atomic mass is 10.2. The van der Waals surface area contributed by atoms with Crippen molar-refractivity contribution in [2.24, 2.45) is 0 Å². The predicted molar refractivity (Wildman–Crippen MR) is 71.3 cm³/mol. The molecular formula is C12H17N5O3. The first-order valence-electron chi connectivity index (χ1n) is 6.41. The Kier molecular flexibility index (Phi) is 3.28. The lowest BCUT2D eigenvalue weighted by molar-refractivity contribution is -0.0427. The number of anilines is 1. The van der Waals surface area contributed by atoms with E-state index in [1.807, 2.05) is 23.6 Å². The molecule has 2 N–H and O–H groups in total. The summed E-state index contributed by atoms with van der Waals surface area (Å²) in [7, 11) is 3.75. The smallest absolute Gasteiger partial charge is 0.209 e. The monoisotopic (exact) mass is 279 g/mol. The van der Waals surface area contributed by atoms with Gasteiger partial charge in [0, 0.05) is 20.5 Å². The summed E-state index contributed by atoms with van der Waals surface area (Å²) in [5, 5.41) is 19.1.